The van der Waals surface area contributed by atoms with Crippen molar-refractivity contribution < 1.29 is 18.8 Å². The lowest BCUT2D eigenvalue weighted by atomic mass is 9.97. The van der Waals surface area contributed by atoms with Gasteiger partial charge in [0, 0.05) is 12.6 Å². The van der Waals surface area contributed by atoms with E-state index in [9.17, 15) is 18.8 Å². The van der Waals surface area contributed by atoms with E-state index in [-0.39, 0.29) is 23.7 Å². The molecule has 0 bridgehead atoms. The van der Waals surface area contributed by atoms with Crippen LogP contribution in [-0.2, 0) is 11.2 Å². The summed E-state index contributed by atoms with van der Waals surface area (Å²) in [6.45, 7) is 1.80. The van der Waals surface area contributed by atoms with Crippen molar-refractivity contribution in [1.29, 1.82) is 0 Å². The molecular weight excluding hydrogens is 387 g/mol. The van der Waals surface area contributed by atoms with Gasteiger partial charge in [-0.2, -0.15) is 0 Å². The number of nitrogens with zero attached hydrogens (tertiary/aromatic N) is 3. The summed E-state index contributed by atoms with van der Waals surface area (Å²) in [5.41, 5.74) is 2.46. The quantitative estimate of drug-likeness (QED) is 0.675. The van der Waals surface area contributed by atoms with Crippen molar-refractivity contribution in [1.82, 2.24) is 15.1 Å². The molecule has 30 heavy (non-hydrogen) atoms. The fourth-order valence-corrected chi connectivity index (χ4v) is 3.43. The first kappa shape index (κ1) is 19.4. The summed E-state index contributed by atoms with van der Waals surface area (Å²) >= 11 is 0. The molecule has 3 aromatic rings. The van der Waals surface area contributed by atoms with Crippen molar-refractivity contribution in [3.05, 3.63) is 76.6 Å². The summed E-state index contributed by atoms with van der Waals surface area (Å²) in [6, 6.07) is 12.6. The van der Waals surface area contributed by atoms with Crippen LogP contribution in [0.5, 0.6) is 0 Å². The van der Waals surface area contributed by atoms with Gasteiger partial charge < -0.3 is 5.32 Å². The highest BCUT2D eigenvalue weighted by atomic mass is 19.1. The Morgan fingerprint density at radius 3 is 2.50 bits per heavy atom. The van der Waals surface area contributed by atoms with E-state index in [4.69, 9.17) is 0 Å². The minimum absolute atomic E-state index is 0.104. The second-order valence-corrected chi connectivity index (χ2v) is 7.02. The minimum atomic E-state index is -0.424. The van der Waals surface area contributed by atoms with Crippen LogP contribution in [0.3, 0.4) is 0 Å². The third-order valence-corrected chi connectivity index (χ3v) is 4.85. The molecule has 0 unspecified atom stereocenters. The number of imide groups is 1. The van der Waals surface area contributed by atoms with Crippen LogP contribution in [-0.4, -0.2) is 39.9 Å². The molecule has 1 N–H and O–H groups in total. The average molecular weight is 404 g/mol. The van der Waals surface area contributed by atoms with Gasteiger partial charge in [0.25, 0.3) is 11.8 Å². The lowest BCUT2D eigenvalue weighted by molar-refractivity contribution is -0.115. The summed E-state index contributed by atoms with van der Waals surface area (Å²) in [7, 11) is 1.41. The number of hydrogen-bond acceptors (Lipinski definition) is 5. The van der Waals surface area contributed by atoms with Gasteiger partial charge in [-0.1, -0.05) is 18.2 Å². The minimum Gasteiger partial charge on any atom is -0.309 e. The number of benzene rings is 2. The Labute approximate surface area is 171 Å². The van der Waals surface area contributed by atoms with Crippen LogP contribution in [0.4, 0.5) is 10.2 Å². The lowest BCUT2D eigenvalue weighted by Gasteiger charge is -2.09. The molecule has 0 radical (unpaired) electrons. The van der Waals surface area contributed by atoms with Gasteiger partial charge in [0.15, 0.2) is 5.82 Å². The summed E-state index contributed by atoms with van der Waals surface area (Å²) in [5, 5.41) is 10.5. The second-order valence-electron chi connectivity index (χ2n) is 7.02. The van der Waals surface area contributed by atoms with Gasteiger partial charge in [0.2, 0.25) is 5.91 Å². The fourth-order valence-electron chi connectivity index (χ4n) is 3.43. The number of amides is 3. The van der Waals surface area contributed by atoms with Crippen LogP contribution in [0.25, 0.3) is 11.3 Å². The Morgan fingerprint density at radius 1 is 1.03 bits per heavy atom. The smallest absolute Gasteiger partial charge is 0.261 e. The van der Waals surface area contributed by atoms with Gasteiger partial charge >= 0.3 is 0 Å². The molecule has 7 nitrogen and oxygen atoms in total. The Kier molecular flexibility index (Phi) is 4.83. The maximum atomic E-state index is 13.9. The largest absolute Gasteiger partial charge is 0.309 e. The standard InChI is InChI=1S/C22H17FN4O3/c1-12-9-13(20-15(10-12)21(29)27(2)22(20)30)11-19(28)24-18-8-7-17(25-26-18)14-5-3-4-6-16(14)23/h3-10H,11H2,1-2H3,(H,24,26,28). The first-order valence-electron chi connectivity index (χ1n) is 9.19. The molecule has 0 fully saturated rings. The summed E-state index contributed by atoms with van der Waals surface area (Å²) in [5.74, 6) is -1.43. The highest BCUT2D eigenvalue weighted by Gasteiger charge is 2.35. The fraction of sp³-hybridized carbons (Fsp3) is 0.136. The topological polar surface area (TPSA) is 92.3 Å². The first-order chi connectivity index (χ1) is 14.3. The van der Waals surface area contributed by atoms with Crippen molar-refractivity contribution >= 4 is 23.5 Å². The molecule has 0 saturated carbocycles. The third-order valence-electron chi connectivity index (χ3n) is 4.85. The number of aryl methyl sites for hydroxylation is 1. The number of halogens is 1. The molecule has 0 saturated heterocycles. The van der Waals surface area contributed by atoms with E-state index in [2.05, 4.69) is 15.5 Å². The van der Waals surface area contributed by atoms with Crippen molar-refractivity contribution in [3.8, 4) is 11.3 Å². The monoisotopic (exact) mass is 404 g/mol. The second kappa shape index (κ2) is 7.47. The molecular formula is C22H17FN4O3. The number of rotatable bonds is 4. The average Bonchev–Trinajstić information content (AvgIpc) is 2.93. The maximum absolute atomic E-state index is 13.9. The number of carbonyl (C=O) groups excluding carboxylic acids is 3. The third kappa shape index (κ3) is 3.43. The number of hydrogen-bond donors (Lipinski definition) is 1. The lowest BCUT2D eigenvalue weighted by Crippen LogP contribution is -2.25. The van der Waals surface area contributed by atoms with E-state index in [1.807, 2.05) is 0 Å². The van der Waals surface area contributed by atoms with E-state index in [0.717, 1.165) is 10.5 Å². The molecule has 1 aliphatic heterocycles. The molecule has 0 aliphatic carbocycles. The zero-order valence-corrected chi connectivity index (χ0v) is 16.3. The van der Waals surface area contributed by atoms with Gasteiger partial charge in [-0.05, 0) is 48.4 Å². The molecule has 0 spiro atoms. The zero-order valence-electron chi connectivity index (χ0n) is 16.3. The van der Waals surface area contributed by atoms with Crippen LogP contribution in [0.2, 0.25) is 0 Å². The summed E-state index contributed by atoms with van der Waals surface area (Å²) in [4.78, 5) is 38.2. The molecule has 1 aromatic heterocycles. The molecule has 8 heteroatoms. The summed E-state index contributed by atoms with van der Waals surface area (Å²) in [6.07, 6.45) is -0.104. The molecule has 2 aromatic carbocycles. The highest BCUT2D eigenvalue weighted by Crippen LogP contribution is 2.27. The van der Waals surface area contributed by atoms with Crippen molar-refractivity contribution in [3.63, 3.8) is 0 Å². The van der Waals surface area contributed by atoms with Gasteiger partial charge in [-0.3, -0.25) is 19.3 Å². The predicted molar refractivity (Wildman–Crippen MR) is 107 cm³/mol. The first-order valence-corrected chi connectivity index (χ1v) is 9.19. The molecule has 2 heterocycles. The Balaban J connectivity index is 1.53. The van der Waals surface area contributed by atoms with Crippen LogP contribution < -0.4 is 5.32 Å². The predicted octanol–water partition coefficient (Wildman–Crippen LogP) is 3.00. The van der Waals surface area contributed by atoms with Crippen molar-refractivity contribution in [2.75, 3.05) is 12.4 Å². The van der Waals surface area contributed by atoms with Crippen molar-refractivity contribution in [2.24, 2.45) is 0 Å². The van der Waals surface area contributed by atoms with Gasteiger partial charge in [-0.25, -0.2) is 4.39 Å². The van der Waals surface area contributed by atoms with E-state index < -0.39 is 17.6 Å². The maximum Gasteiger partial charge on any atom is 0.261 e. The van der Waals surface area contributed by atoms with Gasteiger partial charge in [0.1, 0.15) is 5.82 Å². The SMILES string of the molecule is Cc1cc(CC(=O)Nc2ccc(-c3ccccc3F)nn2)c2c(c1)C(=O)N(C)C2=O. The van der Waals surface area contributed by atoms with Crippen molar-refractivity contribution in [2.45, 2.75) is 13.3 Å². The summed E-state index contributed by atoms with van der Waals surface area (Å²) < 4.78 is 13.9. The number of fused-ring (bicyclic) bond motifs is 1. The number of nitrogens with one attached hydrogen (secondary N) is 1. The molecule has 0 atom stereocenters. The van der Waals surface area contributed by atoms with Gasteiger partial charge in [0.05, 0.1) is 23.2 Å². The van der Waals surface area contributed by atoms with Crippen LogP contribution in [0.1, 0.15) is 31.8 Å². The molecule has 1 aliphatic rings. The number of carbonyl (C=O) groups is 3. The van der Waals surface area contributed by atoms with E-state index in [1.165, 1.54) is 19.2 Å². The molecule has 3 amide bonds. The van der Waals surface area contributed by atoms with Crippen LogP contribution in [0, 0.1) is 12.7 Å². The van der Waals surface area contributed by atoms with E-state index in [1.54, 1.807) is 43.3 Å². The Morgan fingerprint density at radius 2 is 1.80 bits per heavy atom. The van der Waals surface area contributed by atoms with E-state index in [0.29, 0.717) is 22.4 Å². The number of anilines is 1. The normalized spacial score (nSPS) is 12.8. The Hall–Kier alpha value is -3.94. The van der Waals surface area contributed by atoms with Gasteiger partial charge in [-0.15, -0.1) is 10.2 Å². The zero-order chi connectivity index (χ0) is 21.4. The van der Waals surface area contributed by atoms with Crippen LogP contribution in [0.15, 0.2) is 48.5 Å². The Bertz CT molecular complexity index is 1190. The van der Waals surface area contributed by atoms with Crippen LogP contribution >= 0.6 is 0 Å². The molecule has 150 valence electrons. The highest BCUT2D eigenvalue weighted by molar-refractivity contribution is 6.22. The number of aromatic nitrogens is 2. The van der Waals surface area contributed by atoms with E-state index >= 15 is 0 Å². The molecule has 4 rings (SSSR count).